The molecule has 0 fully saturated rings. The number of alkyl halides is 3. The van der Waals surface area contributed by atoms with Crippen molar-refractivity contribution >= 4 is 27.5 Å². The summed E-state index contributed by atoms with van der Waals surface area (Å²) < 4.78 is 36.8. The van der Waals surface area contributed by atoms with Crippen molar-refractivity contribution < 1.29 is 13.2 Å². The quantitative estimate of drug-likeness (QED) is 0.876. The molecule has 2 N–H and O–H groups in total. The molecule has 0 saturated carbocycles. The van der Waals surface area contributed by atoms with E-state index in [0.717, 1.165) is 4.47 Å². The molecule has 1 rings (SSSR count). The molecule has 1 atom stereocenters. The summed E-state index contributed by atoms with van der Waals surface area (Å²) in [7, 11) is 0. The van der Waals surface area contributed by atoms with Crippen molar-refractivity contribution in [2.75, 3.05) is 0 Å². The van der Waals surface area contributed by atoms with Crippen LogP contribution in [0.4, 0.5) is 13.2 Å². The third kappa shape index (κ3) is 4.31. The molecule has 90 valence electrons. The van der Waals surface area contributed by atoms with Crippen LogP contribution in [0, 0.1) is 0 Å². The Morgan fingerprint density at radius 1 is 1.38 bits per heavy atom. The molecule has 1 aromatic carbocycles. The van der Waals surface area contributed by atoms with Crippen molar-refractivity contribution in [1.82, 2.24) is 0 Å². The number of rotatable bonds is 3. The van der Waals surface area contributed by atoms with Crippen LogP contribution >= 0.6 is 27.5 Å². The van der Waals surface area contributed by atoms with Crippen LogP contribution < -0.4 is 5.73 Å². The van der Waals surface area contributed by atoms with Crippen molar-refractivity contribution in [1.29, 1.82) is 0 Å². The molecule has 1 nitrogen and oxygen atoms in total. The highest BCUT2D eigenvalue weighted by atomic mass is 79.9. The summed E-state index contributed by atoms with van der Waals surface area (Å²) in [5.74, 6) is 0. The molecule has 0 aliphatic heterocycles. The first-order chi connectivity index (χ1) is 7.29. The van der Waals surface area contributed by atoms with Gasteiger partial charge in [-0.2, -0.15) is 13.2 Å². The van der Waals surface area contributed by atoms with E-state index in [1.165, 1.54) is 0 Å². The minimum absolute atomic E-state index is 0.162. The van der Waals surface area contributed by atoms with E-state index < -0.39 is 18.6 Å². The molecular weight excluding hydrogens is 306 g/mol. The lowest BCUT2D eigenvalue weighted by Crippen LogP contribution is -2.16. The summed E-state index contributed by atoms with van der Waals surface area (Å²) in [6, 6.07) is 4.26. The van der Waals surface area contributed by atoms with Crippen LogP contribution in [0.25, 0.3) is 0 Å². The molecule has 0 aliphatic rings. The van der Waals surface area contributed by atoms with Crippen molar-refractivity contribution in [3.63, 3.8) is 0 Å². The molecule has 0 amide bonds. The molecule has 0 bridgehead atoms. The first-order valence-corrected chi connectivity index (χ1v) is 5.74. The maximum Gasteiger partial charge on any atom is 0.389 e. The zero-order valence-corrected chi connectivity index (χ0v) is 10.5. The van der Waals surface area contributed by atoms with E-state index in [2.05, 4.69) is 15.9 Å². The Balaban J connectivity index is 2.70. The molecule has 0 saturated heterocycles. The van der Waals surface area contributed by atoms with E-state index in [-0.39, 0.29) is 6.42 Å². The van der Waals surface area contributed by atoms with E-state index >= 15 is 0 Å². The summed E-state index contributed by atoms with van der Waals surface area (Å²) in [6.07, 6.45) is -5.25. The second kappa shape index (κ2) is 5.38. The normalized spacial score (nSPS) is 13.9. The van der Waals surface area contributed by atoms with Gasteiger partial charge in [-0.3, -0.25) is 0 Å². The van der Waals surface area contributed by atoms with Crippen LogP contribution in [0.2, 0.25) is 5.02 Å². The molecule has 0 aromatic heterocycles. The van der Waals surface area contributed by atoms with E-state index in [0.29, 0.717) is 10.6 Å². The van der Waals surface area contributed by atoms with Gasteiger partial charge in [0.05, 0.1) is 0 Å². The van der Waals surface area contributed by atoms with E-state index in [1.54, 1.807) is 18.2 Å². The Bertz CT molecular complexity index is 368. The lowest BCUT2D eigenvalue weighted by molar-refractivity contribution is -0.136. The largest absolute Gasteiger partial charge is 0.389 e. The summed E-state index contributed by atoms with van der Waals surface area (Å²) in [6.45, 7) is 0. The van der Waals surface area contributed by atoms with Gasteiger partial charge in [0, 0.05) is 22.0 Å². The zero-order valence-electron chi connectivity index (χ0n) is 8.19. The topological polar surface area (TPSA) is 26.0 Å². The van der Waals surface area contributed by atoms with Crippen LogP contribution in [0.1, 0.15) is 24.4 Å². The molecular formula is C10H10BrClF3N. The van der Waals surface area contributed by atoms with Gasteiger partial charge in [0.2, 0.25) is 0 Å². The van der Waals surface area contributed by atoms with Crippen molar-refractivity contribution in [2.45, 2.75) is 25.1 Å². The highest BCUT2D eigenvalue weighted by Gasteiger charge is 2.28. The predicted molar refractivity (Wildman–Crippen MR) is 61.4 cm³/mol. The summed E-state index contributed by atoms with van der Waals surface area (Å²) in [5.41, 5.74) is 6.19. The van der Waals surface area contributed by atoms with Crippen molar-refractivity contribution in [3.8, 4) is 0 Å². The van der Waals surface area contributed by atoms with Gasteiger partial charge in [-0.15, -0.1) is 0 Å². The molecule has 1 aromatic rings. The number of hydrogen-bond donors (Lipinski definition) is 1. The van der Waals surface area contributed by atoms with Gasteiger partial charge in [0.1, 0.15) is 0 Å². The van der Waals surface area contributed by atoms with Crippen LogP contribution in [-0.2, 0) is 0 Å². The van der Waals surface area contributed by atoms with Crippen molar-refractivity contribution in [2.24, 2.45) is 5.73 Å². The maximum atomic E-state index is 12.0. The number of hydrogen-bond acceptors (Lipinski definition) is 1. The second-order valence-electron chi connectivity index (χ2n) is 3.43. The Labute approximate surface area is 105 Å². The highest BCUT2D eigenvalue weighted by Crippen LogP contribution is 2.30. The van der Waals surface area contributed by atoms with Gasteiger partial charge in [-0.25, -0.2) is 0 Å². The first-order valence-electron chi connectivity index (χ1n) is 4.57. The molecule has 6 heteroatoms. The number of nitrogens with two attached hydrogens (primary N) is 1. The molecule has 1 unspecified atom stereocenters. The maximum absolute atomic E-state index is 12.0. The Morgan fingerprint density at radius 3 is 2.50 bits per heavy atom. The minimum atomic E-state index is -4.18. The molecule has 0 heterocycles. The molecule has 0 spiro atoms. The predicted octanol–water partition coefficient (Wildman–Crippen LogP) is 4.44. The van der Waals surface area contributed by atoms with Crippen LogP contribution in [0.5, 0.6) is 0 Å². The van der Waals surface area contributed by atoms with Crippen LogP contribution in [0.15, 0.2) is 22.7 Å². The van der Waals surface area contributed by atoms with E-state index in [1.807, 2.05) is 0 Å². The van der Waals surface area contributed by atoms with E-state index in [9.17, 15) is 13.2 Å². The first kappa shape index (κ1) is 13.8. The average Bonchev–Trinajstić information content (AvgIpc) is 2.13. The van der Waals surface area contributed by atoms with Gasteiger partial charge >= 0.3 is 6.18 Å². The van der Waals surface area contributed by atoms with Crippen LogP contribution in [0.3, 0.4) is 0 Å². The fraction of sp³-hybridized carbons (Fsp3) is 0.400. The number of halogens is 5. The van der Waals surface area contributed by atoms with Gasteiger partial charge in [-0.1, -0.05) is 33.6 Å². The molecule has 16 heavy (non-hydrogen) atoms. The lowest BCUT2D eigenvalue weighted by atomic mass is 10.0. The molecule has 0 radical (unpaired) electrons. The lowest BCUT2D eigenvalue weighted by Gasteiger charge is -2.15. The Hall–Kier alpha value is -0.260. The third-order valence-electron chi connectivity index (χ3n) is 2.10. The van der Waals surface area contributed by atoms with Gasteiger partial charge in [0.25, 0.3) is 0 Å². The minimum Gasteiger partial charge on any atom is -0.324 e. The summed E-state index contributed by atoms with van der Waals surface area (Å²) >= 11 is 9.09. The second-order valence-corrected chi connectivity index (χ2v) is 4.75. The fourth-order valence-electron chi connectivity index (χ4n) is 1.28. The highest BCUT2D eigenvalue weighted by molar-refractivity contribution is 9.10. The smallest absolute Gasteiger partial charge is 0.324 e. The number of benzene rings is 1. The average molecular weight is 317 g/mol. The van der Waals surface area contributed by atoms with Crippen LogP contribution in [-0.4, -0.2) is 6.18 Å². The van der Waals surface area contributed by atoms with Gasteiger partial charge in [0.15, 0.2) is 0 Å². The summed E-state index contributed by atoms with van der Waals surface area (Å²) in [5, 5.41) is 0.379. The Morgan fingerprint density at radius 2 is 2.00 bits per heavy atom. The van der Waals surface area contributed by atoms with Crippen molar-refractivity contribution in [3.05, 3.63) is 33.3 Å². The zero-order chi connectivity index (χ0) is 12.3. The van der Waals surface area contributed by atoms with Gasteiger partial charge in [-0.05, 0) is 24.1 Å². The van der Waals surface area contributed by atoms with E-state index in [4.69, 9.17) is 17.3 Å². The molecule has 0 aliphatic carbocycles. The monoisotopic (exact) mass is 315 g/mol. The van der Waals surface area contributed by atoms with Gasteiger partial charge < -0.3 is 5.73 Å². The summed E-state index contributed by atoms with van der Waals surface area (Å²) in [4.78, 5) is 0. The standard InChI is InChI=1S/C10H10BrClF3N/c11-6-1-2-7(8(12)5-6)9(16)3-4-10(13,14)15/h1-2,5,9H,3-4,16H2. The Kier molecular flexibility index (Phi) is 4.64. The fourth-order valence-corrected chi connectivity index (χ4v) is 2.09. The third-order valence-corrected chi connectivity index (χ3v) is 2.92. The SMILES string of the molecule is NC(CCC(F)(F)F)c1ccc(Br)cc1Cl.